The third kappa shape index (κ3) is 5.91. The maximum Gasteiger partial charge on any atom is 0.147 e. The van der Waals surface area contributed by atoms with Crippen molar-refractivity contribution in [2.24, 2.45) is 0 Å². The largest absolute Gasteiger partial charge is 0.390 e. The van der Waals surface area contributed by atoms with Gasteiger partial charge in [0.1, 0.15) is 9.84 Å². The van der Waals surface area contributed by atoms with Gasteiger partial charge in [-0.2, -0.15) is 0 Å². The van der Waals surface area contributed by atoms with Crippen molar-refractivity contribution < 1.29 is 13.5 Å². The summed E-state index contributed by atoms with van der Waals surface area (Å²) in [5, 5.41) is 8.04. The summed E-state index contributed by atoms with van der Waals surface area (Å²) in [5.74, 6) is 0.0312. The summed E-state index contributed by atoms with van der Waals surface area (Å²) >= 11 is 0. The minimum atomic E-state index is -2.88. The first-order valence-electron chi connectivity index (χ1n) is 2.20. The van der Waals surface area contributed by atoms with Crippen LogP contribution in [-0.2, 0) is 9.84 Å². The normalized spacial score (nSPS) is 11.8. The van der Waals surface area contributed by atoms with E-state index in [1.807, 2.05) is 0 Å². The molecular formula is C4H9O3S. The second kappa shape index (κ2) is 3.04. The molecule has 0 aromatic carbocycles. The lowest BCUT2D eigenvalue weighted by Crippen LogP contribution is -2.02. The van der Waals surface area contributed by atoms with Crippen molar-refractivity contribution in [3.63, 3.8) is 0 Å². The molecule has 0 fully saturated rings. The summed E-state index contributed by atoms with van der Waals surface area (Å²) in [4.78, 5) is 0. The maximum atomic E-state index is 10.3. The molecule has 1 radical (unpaired) electrons. The van der Waals surface area contributed by atoms with Crippen LogP contribution in [0.5, 0.6) is 0 Å². The van der Waals surface area contributed by atoms with E-state index < -0.39 is 9.84 Å². The first-order valence-corrected chi connectivity index (χ1v) is 4.26. The zero-order valence-electron chi connectivity index (χ0n) is 4.66. The van der Waals surface area contributed by atoms with Crippen molar-refractivity contribution in [1.29, 1.82) is 0 Å². The highest BCUT2D eigenvalue weighted by molar-refractivity contribution is 7.90. The Labute approximate surface area is 49.3 Å². The van der Waals surface area contributed by atoms with Crippen molar-refractivity contribution in [3.8, 4) is 0 Å². The number of rotatable bonds is 3. The van der Waals surface area contributed by atoms with E-state index in [9.17, 15) is 8.42 Å². The molecule has 49 valence electrons. The minimum Gasteiger partial charge on any atom is -0.390 e. The standard InChI is InChI=1S/C4H9O3S/c1-8(6,7)4-2-3-5/h3,5H,2,4H2,1H3. The summed E-state index contributed by atoms with van der Waals surface area (Å²) in [6.07, 6.45) is 1.36. The number of hydrogen-bond acceptors (Lipinski definition) is 3. The lowest BCUT2D eigenvalue weighted by molar-refractivity contribution is 0.381. The van der Waals surface area contributed by atoms with Gasteiger partial charge in [0.25, 0.3) is 0 Å². The molecule has 0 spiro atoms. The van der Waals surface area contributed by atoms with Crippen LogP contribution in [0.25, 0.3) is 0 Å². The average molecular weight is 137 g/mol. The third-order valence-electron chi connectivity index (χ3n) is 0.618. The zero-order chi connectivity index (χ0) is 6.62. The van der Waals surface area contributed by atoms with Crippen LogP contribution >= 0.6 is 0 Å². The van der Waals surface area contributed by atoms with E-state index in [1.165, 1.54) is 0 Å². The second-order valence-corrected chi connectivity index (χ2v) is 3.86. The Bertz CT molecular complexity index is 135. The highest BCUT2D eigenvalue weighted by Crippen LogP contribution is 1.88. The van der Waals surface area contributed by atoms with Gasteiger partial charge in [0, 0.05) is 6.26 Å². The van der Waals surface area contributed by atoms with E-state index in [-0.39, 0.29) is 12.2 Å². The Kier molecular flexibility index (Phi) is 3.01. The molecule has 4 heteroatoms. The van der Waals surface area contributed by atoms with Crippen molar-refractivity contribution in [2.75, 3.05) is 12.0 Å². The summed E-state index contributed by atoms with van der Waals surface area (Å²) in [6, 6.07) is 0. The molecule has 0 saturated heterocycles. The first kappa shape index (κ1) is 7.91. The van der Waals surface area contributed by atoms with Gasteiger partial charge in [-0.05, 0) is 6.42 Å². The summed E-state index contributed by atoms with van der Waals surface area (Å²) in [6.45, 7) is 0.848. The lowest BCUT2D eigenvalue weighted by Gasteiger charge is -1.90. The van der Waals surface area contributed by atoms with Crippen LogP contribution in [0.1, 0.15) is 6.42 Å². The van der Waals surface area contributed by atoms with E-state index >= 15 is 0 Å². The monoisotopic (exact) mass is 137 g/mol. The molecule has 0 aliphatic heterocycles. The number of hydrogen-bond donors (Lipinski definition) is 1. The minimum absolute atomic E-state index is 0.0312. The van der Waals surface area contributed by atoms with Crippen molar-refractivity contribution >= 4 is 9.84 Å². The predicted octanol–water partition coefficient (Wildman–Crippen LogP) is -0.0446. The van der Waals surface area contributed by atoms with Crippen molar-refractivity contribution in [2.45, 2.75) is 6.42 Å². The van der Waals surface area contributed by atoms with Gasteiger partial charge in [-0.15, -0.1) is 0 Å². The molecule has 3 nitrogen and oxygen atoms in total. The van der Waals surface area contributed by atoms with Crippen LogP contribution < -0.4 is 0 Å². The molecule has 8 heavy (non-hydrogen) atoms. The molecule has 0 aromatic heterocycles. The van der Waals surface area contributed by atoms with E-state index in [0.717, 1.165) is 12.9 Å². The zero-order valence-corrected chi connectivity index (χ0v) is 5.48. The molecular weight excluding hydrogens is 128 g/mol. The fourth-order valence-corrected chi connectivity index (χ4v) is 0.800. The second-order valence-electron chi connectivity index (χ2n) is 1.60. The third-order valence-corrected chi connectivity index (χ3v) is 1.60. The van der Waals surface area contributed by atoms with E-state index in [0.29, 0.717) is 0 Å². The van der Waals surface area contributed by atoms with Gasteiger partial charge in [-0.1, -0.05) is 0 Å². The predicted molar refractivity (Wildman–Crippen MR) is 30.6 cm³/mol. The highest BCUT2D eigenvalue weighted by Gasteiger charge is 1.98. The van der Waals surface area contributed by atoms with E-state index in [1.54, 1.807) is 0 Å². The van der Waals surface area contributed by atoms with Crippen LogP contribution in [0.15, 0.2) is 0 Å². The molecule has 0 aliphatic rings. The smallest absolute Gasteiger partial charge is 0.147 e. The summed E-state index contributed by atoms with van der Waals surface area (Å²) in [7, 11) is -2.88. The number of aliphatic hydroxyl groups excluding tert-OH is 1. The van der Waals surface area contributed by atoms with Crippen LogP contribution in [-0.4, -0.2) is 25.5 Å². The van der Waals surface area contributed by atoms with Gasteiger partial charge in [0.15, 0.2) is 0 Å². The highest BCUT2D eigenvalue weighted by atomic mass is 32.2. The molecule has 0 aromatic rings. The van der Waals surface area contributed by atoms with Crippen LogP contribution in [0.4, 0.5) is 0 Å². The van der Waals surface area contributed by atoms with Gasteiger partial charge in [-0.25, -0.2) is 8.42 Å². The molecule has 0 rings (SSSR count). The van der Waals surface area contributed by atoms with Gasteiger partial charge < -0.3 is 5.11 Å². The summed E-state index contributed by atoms with van der Waals surface area (Å²) in [5.41, 5.74) is 0. The molecule has 0 atom stereocenters. The fourth-order valence-electron chi connectivity index (χ4n) is 0.267. The molecule has 0 saturated carbocycles. The van der Waals surface area contributed by atoms with Gasteiger partial charge in [0.05, 0.1) is 12.4 Å². The molecule has 0 heterocycles. The molecule has 0 aliphatic carbocycles. The van der Waals surface area contributed by atoms with Gasteiger partial charge in [-0.3, -0.25) is 0 Å². The van der Waals surface area contributed by atoms with Gasteiger partial charge in [0.2, 0.25) is 0 Å². The van der Waals surface area contributed by atoms with Crippen LogP contribution in [0.2, 0.25) is 0 Å². The Balaban J connectivity index is 3.42. The summed E-state index contributed by atoms with van der Waals surface area (Å²) < 4.78 is 20.5. The average Bonchev–Trinajstić information content (AvgIpc) is 1.59. The molecule has 1 N–H and O–H groups in total. The van der Waals surface area contributed by atoms with Crippen molar-refractivity contribution in [1.82, 2.24) is 0 Å². The van der Waals surface area contributed by atoms with Crippen LogP contribution in [0.3, 0.4) is 0 Å². The lowest BCUT2D eigenvalue weighted by atomic mass is 10.5. The fraction of sp³-hybridized carbons (Fsp3) is 0.750. The quantitative estimate of drug-likeness (QED) is 0.593. The van der Waals surface area contributed by atoms with E-state index in [2.05, 4.69) is 0 Å². The number of aliphatic hydroxyl groups is 1. The Morgan fingerprint density at radius 3 is 2.25 bits per heavy atom. The topological polar surface area (TPSA) is 54.4 Å². The molecule has 0 amide bonds. The maximum absolute atomic E-state index is 10.3. The molecule has 0 unspecified atom stereocenters. The Morgan fingerprint density at radius 2 is 2.12 bits per heavy atom. The molecule has 0 bridgehead atoms. The number of sulfone groups is 1. The van der Waals surface area contributed by atoms with Crippen LogP contribution in [0, 0.1) is 6.61 Å². The SMILES string of the molecule is CS(=O)(=O)CC[CH]O. The Hall–Kier alpha value is -0.0900. The Morgan fingerprint density at radius 1 is 1.62 bits per heavy atom. The van der Waals surface area contributed by atoms with E-state index in [4.69, 9.17) is 5.11 Å². The van der Waals surface area contributed by atoms with Gasteiger partial charge >= 0.3 is 0 Å². The van der Waals surface area contributed by atoms with Crippen molar-refractivity contribution in [3.05, 3.63) is 6.61 Å². The first-order chi connectivity index (χ1) is 3.56.